The van der Waals surface area contributed by atoms with Gasteiger partial charge in [-0.25, -0.2) is 4.39 Å². The summed E-state index contributed by atoms with van der Waals surface area (Å²) in [5.74, 6) is -2.98. The Bertz CT molecular complexity index is 1030. The van der Waals surface area contributed by atoms with E-state index < -0.39 is 42.4 Å². The third-order valence-electron chi connectivity index (χ3n) is 6.62. The summed E-state index contributed by atoms with van der Waals surface area (Å²) >= 11 is 0. The van der Waals surface area contributed by atoms with E-state index in [4.69, 9.17) is 9.47 Å². The SMILES string of the molecule is O=C(N[C@H](CN1CCCC1)C(O)c1ccc2c(c1)OCCO2)[C@H](CCc1ccc(F)cc1)C(F)(F)F. The van der Waals surface area contributed by atoms with E-state index in [9.17, 15) is 27.5 Å². The fraction of sp³-hybridized carbons (Fsp3) is 0.500. The van der Waals surface area contributed by atoms with Crippen LogP contribution in [0.2, 0.25) is 0 Å². The quantitative estimate of drug-likeness (QED) is 0.499. The van der Waals surface area contributed by atoms with E-state index in [1.807, 2.05) is 4.90 Å². The van der Waals surface area contributed by atoms with Crippen molar-refractivity contribution in [2.45, 2.75) is 44.0 Å². The predicted molar refractivity (Wildman–Crippen MR) is 124 cm³/mol. The first kappa shape index (κ1) is 26.2. The number of hydrogen-bond donors (Lipinski definition) is 2. The summed E-state index contributed by atoms with van der Waals surface area (Å²) in [4.78, 5) is 15.0. The maximum atomic E-state index is 13.9. The van der Waals surface area contributed by atoms with Gasteiger partial charge in [0.2, 0.25) is 5.91 Å². The third kappa shape index (κ3) is 6.67. The van der Waals surface area contributed by atoms with Crippen LogP contribution in [0.4, 0.5) is 17.6 Å². The minimum absolute atomic E-state index is 0.0423. The van der Waals surface area contributed by atoms with Crippen LogP contribution in [-0.4, -0.2) is 61.0 Å². The lowest BCUT2D eigenvalue weighted by Crippen LogP contribution is -2.50. The average Bonchev–Trinajstić information content (AvgIpc) is 3.36. The maximum Gasteiger partial charge on any atom is 0.400 e. The Kier molecular flexibility index (Phi) is 8.35. The molecule has 2 N–H and O–H groups in total. The van der Waals surface area contributed by atoms with Crippen LogP contribution in [0.5, 0.6) is 11.5 Å². The molecule has 36 heavy (non-hydrogen) atoms. The van der Waals surface area contributed by atoms with Crippen molar-refractivity contribution in [1.29, 1.82) is 0 Å². The molecule has 1 amide bonds. The molecule has 0 saturated carbocycles. The van der Waals surface area contributed by atoms with Crippen LogP contribution >= 0.6 is 0 Å². The maximum absolute atomic E-state index is 13.9. The van der Waals surface area contributed by atoms with Crippen LogP contribution in [-0.2, 0) is 11.2 Å². The number of aliphatic hydroxyl groups is 1. The zero-order valence-electron chi connectivity index (χ0n) is 19.8. The Morgan fingerprint density at radius 3 is 2.36 bits per heavy atom. The highest BCUT2D eigenvalue weighted by atomic mass is 19.4. The van der Waals surface area contributed by atoms with Gasteiger partial charge in [0, 0.05) is 6.54 Å². The van der Waals surface area contributed by atoms with Gasteiger partial charge in [-0.05, 0) is 74.2 Å². The number of fused-ring (bicyclic) bond motifs is 1. The molecule has 0 bridgehead atoms. The first-order chi connectivity index (χ1) is 17.2. The van der Waals surface area contributed by atoms with E-state index in [0.717, 1.165) is 25.9 Å². The van der Waals surface area contributed by atoms with Crippen LogP contribution in [0.15, 0.2) is 42.5 Å². The highest BCUT2D eigenvalue weighted by Crippen LogP contribution is 2.34. The molecule has 2 aromatic carbocycles. The molecule has 1 fully saturated rings. The standard InChI is InChI=1S/C26H30F4N2O4/c27-19-7-3-17(4-8-19)5-9-20(26(28,29)30)25(34)31-21(16-32-11-1-2-12-32)24(33)18-6-10-22-23(15-18)36-14-13-35-22/h3-4,6-8,10,15,20-21,24,33H,1-2,5,9,11-14,16H2,(H,31,34)/t20-,21+,24?/m0/s1. The number of halogens is 4. The van der Waals surface area contributed by atoms with Gasteiger partial charge in [-0.15, -0.1) is 0 Å². The molecule has 0 aliphatic carbocycles. The van der Waals surface area contributed by atoms with Gasteiger partial charge in [-0.1, -0.05) is 18.2 Å². The first-order valence-electron chi connectivity index (χ1n) is 12.1. The monoisotopic (exact) mass is 510 g/mol. The van der Waals surface area contributed by atoms with Gasteiger partial charge in [-0.3, -0.25) is 4.79 Å². The Morgan fingerprint density at radius 2 is 1.69 bits per heavy atom. The number of ether oxygens (including phenoxy) is 2. The summed E-state index contributed by atoms with van der Waals surface area (Å²) < 4.78 is 65.8. The molecule has 4 rings (SSSR count). The van der Waals surface area contributed by atoms with Crippen LogP contribution in [0, 0.1) is 11.7 Å². The molecule has 1 saturated heterocycles. The van der Waals surface area contributed by atoms with Gasteiger partial charge < -0.3 is 24.8 Å². The molecule has 196 valence electrons. The lowest BCUT2D eigenvalue weighted by molar-refractivity contribution is -0.184. The third-order valence-corrected chi connectivity index (χ3v) is 6.62. The number of nitrogens with zero attached hydrogens (tertiary/aromatic N) is 1. The van der Waals surface area contributed by atoms with E-state index in [2.05, 4.69) is 5.32 Å². The van der Waals surface area contributed by atoms with Gasteiger partial charge in [0.15, 0.2) is 11.5 Å². The number of aryl methyl sites for hydroxylation is 1. The zero-order valence-corrected chi connectivity index (χ0v) is 19.8. The number of carbonyl (C=O) groups is 1. The highest BCUT2D eigenvalue weighted by molar-refractivity contribution is 5.80. The Labute approximate surface area is 207 Å². The van der Waals surface area contributed by atoms with E-state index in [-0.39, 0.29) is 13.0 Å². The minimum Gasteiger partial charge on any atom is -0.486 e. The number of hydrogen-bond acceptors (Lipinski definition) is 5. The summed E-state index contributed by atoms with van der Waals surface area (Å²) in [6, 6.07) is 9.05. The summed E-state index contributed by atoms with van der Waals surface area (Å²) in [6.07, 6.45) is -4.66. The molecular weight excluding hydrogens is 480 g/mol. The topological polar surface area (TPSA) is 71.0 Å². The first-order valence-corrected chi connectivity index (χ1v) is 12.1. The molecular formula is C26H30F4N2O4. The molecule has 6 nitrogen and oxygen atoms in total. The van der Waals surface area contributed by atoms with Crippen molar-refractivity contribution in [2.75, 3.05) is 32.8 Å². The Balaban J connectivity index is 1.50. The molecule has 2 aliphatic rings. The molecule has 3 atom stereocenters. The van der Waals surface area contributed by atoms with E-state index >= 15 is 0 Å². The van der Waals surface area contributed by atoms with Gasteiger partial charge in [0.1, 0.15) is 31.1 Å². The summed E-state index contributed by atoms with van der Waals surface area (Å²) in [6.45, 7) is 2.45. The van der Waals surface area contributed by atoms with Crippen molar-refractivity contribution in [2.24, 2.45) is 5.92 Å². The molecule has 1 unspecified atom stereocenters. The summed E-state index contributed by atoms with van der Waals surface area (Å²) in [7, 11) is 0. The van der Waals surface area contributed by atoms with Crippen LogP contribution in [0.25, 0.3) is 0 Å². The van der Waals surface area contributed by atoms with Crippen molar-refractivity contribution in [1.82, 2.24) is 10.2 Å². The van der Waals surface area contributed by atoms with Gasteiger partial charge in [-0.2, -0.15) is 13.2 Å². The molecule has 2 aromatic rings. The van der Waals surface area contributed by atoms with Crippen molar-refractivity contribution in [3.05, 3.63) is 59.4 Å². The summed E-state index contributed by atoms with van der Waals surface area (Å²) in [5.41, 5.74) is 0.919. The van der Waals surface area contributed by atoms with Crippen LogP contribution < -0.4 is 14.8 Å². The molecule has 0 spiro atoms. The van der Waals surface area contributed by atoms with Gasteiger partial charge >= 0.3 is 6.18 Å². The Morgan fingerprint density at radius 1 is 1.03 bits per heavy atom. The normalized spacial score (nSPS) is 18.5. The van der Waals surface area contributed by atoms with Crippen molar-refractivity contribution in [3.63, 3.8) is 0 Å². The fourth-order valence-electron chi connectivity index (χ4n) is 4.63. The van der Waals surface area contributed by atoms with Crippen molar-refractivity contribution in [3.8, 4) is 11.5 Å². The van der Waals surface area contributed by atoms with E-state index in [0.29, 0.717) is 35.8 Å². The zero-order chi connectivity index (χ0) is 25.7. The smallest absolute Gasteiger partial charge is 0.400 e. The highest BCUT2D eigenvalue weighted by Gasteiger charge is 2.45. The number of alkyl halides is 3. The van der Waals surface area contributed by atoms with Crippen LogP contribution in [0.1, 0.15) is 36.5 Å². The van der Waals surface area contributed by atoms with Crippen molar-refractivity contribution >= 4 is 5.91 Å². The van der Waals surface area contributed by atoms with Crippen LogP contribution in [0.3, 0.4) is 0 Å². The Hall–Kier alpha value is -2.85. The predicted octanol–water partition coefficient (Wildman–Crippen LogP) is 4.02. The number of aliphatic hydroxyl groups excluding tert-OH is 1. The number of likely N-dealkylation sites (tertiary alicyclic amines) is 1. The number of rotatable bonds is 9. The minimum atomic E-state index is -4.77. The molecule has 2 aliphatic heterocycles. The number of nitrogens with one attached hydrogen (secondary N) is 1. The molecule has 2 heterocycles. The average molecular weight is 511 g/mol. The number of benzene rings is 2. The lowest BCUT2D eigenvalue weighted by Gasteiger charge is -2.31. The van der Waals surface area contributed by atoms with Gasteiger partial charge in [0.25, 0.3) is 0 Å². The second-order valence-electron chi connectivity index (χ2n) is 9.23. The van der Waals surface area contributed by atoms with Crippen molar-refractivity contribution < 1.29 is 36.9 Å². The molecule has 0 aromatic heterocycles. The summed E-state index contributed by atoms with van der Waals surface area (Å²) in [5, 5.41) is 13.6. The second kappa shape index (κ2) is 11.5. The van der Waals surface area contributed by atoms with E-state index in [1.165, 1.54) is 24.3 Å². The van der Waals surface area contributed by atoms with Gasteiger partial charge in [0.05, 0.1) is 6.04 Å². The fourth-order valence-corrected chi connectivity index (χ4v) is 4.63. The number of amides is 1. The van der Waals surface area contributed by atoms with E-state index in [1.54, 1.807) is 18.2 Å². The second-order valence-corrected chi connectivity index (χ2v) is 9.23. The molecule has 10 heteroatoms. The lowest BCUT2D eigenvalue weighted by atomic mass is 9.96. The molecule has 0 radical (unpaired) electrons. The number of carbonyl (C=O) groups excluding carboxylic acids is 1. The largest absolute Gasteiger partial charge is 0.486 e.